The van der Waals surface area contributed by atoms with Gasteiger partial charge in [0.25, 0.3) is 0 Å². The third-order valence-electron chi connectivity index (χ3n) is 3.59. The van der Waals surface area contributed by atoms with Crippen molar-refractivity contribution < 1.29 is 14.3 Å². The standard InChI is InChI=1S/C16H22BrN3O3/c1-11-7-12(17)4-5-14(11)20-16(22)10-19-15(21)9-18-8-13-3-2-6-23-13/h4-5,7,13,18H,2-3,6,8-10H2,1H3,(H,19,21)(H,20,22). The van der Waals surface area contributed by atoms with Crippen molar-refractivity contribution in [1.82, 2.24) is 10.6 Å². The molecule has 126 valence electrons. The van der Waals surface area contributed by atoms with Gasteiger partial charge in [-0.25, -0.2) is 0 Å². The molecule has 1 atom stereocenters. The topological polar surface area (TPSA) is 79.5 Å². The molecule has 1 fully saturated rings. The van der Waals surface area contributed by atoms with Gasteiger partial charge in [-0.05, 0) is 43.5 Å². The monoisotopic (exact) mass is 383 g/mol. The average molecular weight is 384 g/mol. The number of hydrogen-bond acceptors (Lipinski definition) is 4. The smallest absolute Gasteiger partial charge is 0.243 e. The molecule has 7 heteroatoms. The van der Waals surface area contributed by atoms with Gasteiger partial charge in [0, 0.05) is 23.3 Å². The van der Waals surface area contributed by atoms with Crippen LogP contribution in [0.2, 0.25) is 0 Å². The lowest BCUT2D eigenvalue weighted by molar-refractivity contribution is -0.123. The Morgan fingerprint density at radius 1 is 1.30 bits per heavy atom. The van der Waals surface area contributed by atoms with E-state index in [9.17, 15) is 9.59 Å². The molecule has 0 aliphatic carbocycles. The molecule has 1 saturated heterocycles. The van der Waals surface area contributed by atoms with E-state index >= 15 is 0 Å². The summed E-state index contributed by atoms with van der Waals surface area (Å²) in [5, 5.41) is 8.42. The molecule has 0 aromatic heterocycles. The molecule has 0 saturated carbocycles. The zero-order chi connectivity index (χ0) is 16.7. The number of ether oxygens (including phenoxy) is 1. The second-order valence-electron chi connectivity index (χ2n) is 5.55. The zero-order valence-corrected chi connectivity index (χ0v) is 14.7. The maximum absolute atomic E-state index is 11.9. The molecule has 1 heterocycles. The molecule has 1 aliphatic heterocycles. The van der Waals surface area contributed by atoms with Gasteiger partial charge in [-0.15, -0.1) is 0 Å². The summed E-state index contributed by atoms with van der Waals surface area (Å²) in [6.45, 7) is 3.51. The molecule has 0 radical (unpaired) electrons. The first kappa shape index (κ1) is 17.9. The molecule has 1 aromatic carbocycles. The van der Waals surface area contributed by atoms with E-state index in [4.69, 9.17) is 4.74 Å². The molecule has 1 unspecified atom stereocenters. The maximum Gasteiger partial charge on any atom is 0.243 e. The normalized spacial score (nSPS) is 17.0. The number of aryl methyl sites for hydroxylation is 1. The Morgan fingerprint density at radius 3 is 2.83 bits per heavy atom. The summed E-state index contributed by atoms with van der Waals surface area (Å²) in [6.07, 6.45) is 2.31. The first-order valence-corrected chi connectivity index (χ1v) is 8.49. The van der Waals surface area contributed by atoms with Crippen molar-refractivity contribution in [3.05, 3.63) is 28.2 Å². The fourth-order valence-electron chi connectivity index (χ4n) is 2.36. The molecule has 0 bridgehead atoms. The average Bonchev–Trinajstić information content (AvgIpc) is 3.01. The fourth-order valence-corrected chi connectivity index (χ4v) is 2.83. The van der Waals surface area contributed by atoms with Gasteiger partial charge in [-0.1, -0.05) is 15.9 Å². The van der Waals surface area contributed by atoms with Crippen molar-refractivity contribution in [2.75, 3.05) is 31.6 Å². The molecule has 2 rings (SSSR count). The Bertz CT molecular complexity index is 560. The van der Waals surface area contributed by atoms with Crippen LogP contribution in [0.25, 0.3) is 0 Å². The Morgan fingerprint density at radius 2 is 2.13 bits per heavy atom. The van der Waals surface area contributed by atoms with Gasteiger partial charge < -0.3 is 20.7 Å². The van der Waals surface area contributed by atoms with Crippen molar-refractivity contribution in [3.63, 3.8) is 0 Å². The molecule has 1 aliphatic rings. The van der Waals surface area contributed by atoms with E-state index in [2.05, 4.69) is 31.9 Å². The van der Waals surface area contributed by atoms with E-state index in [1.165, 1.54) is 0 Å². The van der Waals surface area contributed by atoms with Crippen molar-refractivity contribution in [1.29, 1.82) is 0 Å². The van der Waals surface area contributed by atoms with E-state index < -0.39 is 0 Å². The number of rotatable bonds is 7. The minimum Gasteiger partial charge on any atom is -0.377 e. The van der Waals surface area contributed by atoms with Crippen LogP contribution in [0, 0.1) is 6.92 Å². The van der Waals surface area contributed by atoms with Gasteiger partial charge in [0.1, 0.15) is 0 Å². The largest absolute Gasteiger partial charge is 0.377 e. The molecule has 6 nitrogen and oxygen atoms in total. The highest BCUT2D eigenvalue weighted by Crippen LogP contribution is 2.19. The Balaban J connectivity index is 1.64. The van der Waals surface area contributed by atoms with E-state index in [1.54, 1.807) is 0 Å². The van der Waals surface area contributed by atoms with Crippen LogP contribution in [0.5, 0.6) is 0 Å². The van der Waals surface area contributed by atoms with E-state index in [-0.39, 0.29) is 31.0 Å². The molecule has 23 heavy (non-hydrogen) atoms. The van der Waals surface area contributed by atoms with Crippen molar-refractivity contribution in [2.24, 2.45) is 0 Å². The summed E-state index contributed by atoms with van der Waals surface area (Å²) in [7, 11) is 0. The summed E-state index contributed by atoms with van der Waals surface area (Å²) in [5.41, 5.74) is 1.70. The van der Waals surface area contributed by atoms with E-state index in [0.717, 1.165) is 35.2 Å². The SMILES string of the molecule is Cc1cc(Br)ccc1NC(=O)CNC(=O)CNCC1CCCO1. The van der Waals surface area contributed by atoms with Gasteiger partial charge in [-0.3, -0.25) is 9.59 Å². The van der Waals surface area contributed by atoms with E-state index in [1.807, 2.05) is 25.1 Å². The number of halogens is 1. The fraction of sp³-hybridized carbons (Fsp3) is 0.500. The number of benzene rings is 1. The predicted molar refractivity (Wildman–Crippen MR) is 92.4 cm³/mol. The van der Waals surface area contributed by atoms with Crippen molar-refractivity contribution >= 4 is 33.4 Å². The molecular weight excluding hydrogens is 362 g/mol. The second kappa shape index (κ2) is 9.00. The molecule has 2 amide bonds. The van der Waals surface area contributed by atoms with Crippen LogP contribution >= 0.6 is 15.9 Å². The van der Waals surface area contributed by atoms with Gasteiger partial charge in [0.15, 0.2) is 0 Å². The highest BCUT2D eigenvalue weighted by molar-refractivity contribution is 9.10. The Labute approximate surface area is 144 Å². The summed E-state index contributed by atoms with van der Waals surface area (Å²) in [5.74, 6) is -0.450. The quantitative estimate of drug-likeness (QED) is 0.667. The summed E-state index contributed by atoms with van der Waals surface area (Å²) in [6, 6.07) is 5.60. The van der Waals surface area contributed by atoms with Crippen molar-refractivity contribution in [3.8, 4) is 0 Å². The van der Waals surface area contributed by atoms with Crippen LogP contribution in [-0.4, -0.2) is 44.2 Å². The second-order valence-corrected chi connectivity index (χ2v) is 6.47. The lowest BCUT2D eigenvalue weighted by atomic mass is 10.2. The maximum atomic E-state index is 11.9. The minimum absolute atomic E-state index is 0.0457. The number of carbonyl (C=O) groups is 2. The zero-order valence-electron chi connectivity index (χ0n) is 13.2. The van der Waals surface area contributed by atoms with Crippen molar-refractivity contribution in [2.45, 2.75) is 25.9 Å². The Hall–Kier alpha value is -1.44. The van der Waals surface area contributed by atoms with Crippen LogP contribution < -0.4 is 16.0 Å². The number of amides is 2. The molecular formula is C16H22BrN3O3. The number of carbonyl (C=O) groups excluding carboxylic acids is 2. The Kier molecular flexibility index (Phi) is 7.01. The van der Waals surface area contributed by atoms with E-state index in [0.29, 0.717) is 6.54 Å². The third-order valence-corrected chi connectivity index (χ3v) is 4.08. The predicted octanol–water partition coefficient (Wildman–Crippen LogP) is 1.58. The highest BCUT2D eigenvalue weighted by atomic mass is 79.9. The number of hydrogen-bond donors (Lipinski definition) is 3. The van der Waals surface area contributed by atoms with Crippen LogP contribution in [0.4, 0.5) is 5.69 Å². The third kappa shape index (κ3) is 6.29. The molecule has 3 N–H and O–H groups in total. The molecule has 1 aromatic rings. The van der Waals surface area contributed by atoms with Crippen LogP contribution in [0.1, 0.15) is 18.4 Å². The molecule has 0 spiro atoms. The minimum atomic E-state index is -0.247. The van der Waals surface area contributed by atoms with Crippen LogP contribution in [0.15, 0.2) is 22.7 Å². The van der Waals surface area contributed by atoms with Gasteiger partial charge in [0.2, 0.25) is 11.8 Å². The summed E-state index contributed by atoms with van der Waals surface area (Å²) in [4.78, 5) is 23.5. The van der Waals surface area contributed by atoms with Gasteiger partial charge in [-0.2, -0.15) is 0 Å². The first-order valence-electron chi connectivity index (χ1n) is 7.69. The summed E-state index contributed by atoms with van der Waals surface area (Å²) < 4.78 is 6.41. The first-order chi connectivity index (χ1) is 11.0. The highest BCUT2D eigenvalue weighted by Gasteiger charge is 2.15. The number of nitrogens with one attached hydrogen (secondary N) is 3. The lowest BCUT2D eigenvalue weighted by Gasteiger charge is -2.11. The van der Waals surface area contributed by atoms with Crippen LogP contribution in [0.3, 0.4) is 0 Å². The number of anilines is 1. The van der Waals surface area contributed by atoms with Gasteiger partial charge >= 0.3 is 0 Å². The lowest BCUT2D eigenvalue weighted by Crippen LogP contribution is -2.40. The summed E-state index contributed by atoms with van der Waals surface area (Å²) >= 11 is 3.38. The van der Waals surface area contributed by atoms with Crippen LogP contribution in [-0.2, 0) is 14.3 Å². The van der Waals surface area contributed by atoms with Gasteiger partial charge in [0.05, 0.1) is 19.2 Å².